The molecule has 0 bridgehead atoms. The molecule has 0 fully saturated rings. The van der Waals surface area contributed by atoms with Crippen molar-refractivity contribution in [2.75, 3.05) is 33.4 Å². The molecular formula is C13H28N2O2. The molecule has 0 rings (SSSR count). The number of hydrogen-bond acceptors (Lipinski definition) is 3. The molecule has 4 heteroatoms. The number of rotatable bonds is 11. The van der Waals surface area contributed by atoms with Gasteiger partial charge in [0.25, 0.3) is 0 Å². The first-order valence-corrected chi connectivity index (χ1v) is 6.63. The van der Waals surface area contributed by atoms with E-state index in [1.807, 2.05) is 0 Å². The van der Waals surface area contributed by atoms with Crippen LogP contribution in [0.2, 0.25) is 0 Å². The fourth-order valence-electron chi connectivity index (χ4n) is 1.44. The number of amides is 1. The van der Waals surface area contributed by atoms with Gasteiger partial charge in [0.2, 0.25) is 5.91 Å². The number of carbonyl (C=O) groups excluding carboxylic acids is 1. The Kier molecular flexibility index (Phi) is 11.4. The number of unbranched alkanes of at least 4 members (excludes halogenated alkanes) is 2. The minimum Gasteiger partial charge on any atom is -0.385 e. The molecule has 0 atom stereocenters. The number of methoxy groups -OCH3 is 1. The molecule has 0 aromatic rings. The molecule has 0 saturated heterocycles. The Morgan fingerprint density at radius 1 is 1.18 bits per heavy atom. The van der Waals surface area contributed by atoms with E-state index >= 15 is 0 Å². The van der Waals surface area contributed by atoms with Gasteiger partial charge < -0.3 is 15.4 Å². The van der Waals surface area contributed by atoms with Gasteiger partial charge in [0, 0.05) is 20.3 Å². The van der Waals surface area contributed by atoms with Crippen molar-refractivity contribution >= 4 is 5.91 Å². The van der Waals surface area contributed by atoms with E-state index in [0.717, 1.165) is 45.4 Å². The summed E-state index contributed by atoms with van der Waals surface area (Å²) in [6.07, 6.45) is 4.39. The first-order chi connectivity index (χ1) is 8.16. The second-order valence-corrected chi connectivity index (χ2v) is 4.76. The third-order valence-corrected chi connectivity index (χ3v) is 2.53. The standard InChI is InChI=1S/C13H28N2O2/c1-12(2)7-9-15-13(16)11-14-8-5-4-6-10-17-3/h12,14H,4-11H2,1-3H3,(H,15,16). The highest BCUT2D eigenvalue weighted by molar-refractivity contribution is 5.77. The average Bonchev–Trinajstić information content (AvgIpc) is 2.27. The van der Waals surface area contributed by atoms with Crippen LogP contribution in [-0.4, -0.2) is 39.3 Å². The van der Waals surface area contributed by atoms with Crippen LogP contribution < -0.4 is 10.6 Å². The van der Waals surface area contributed by atoms with Crippen LogP contribution >= 0.6 is 0 Å². The molecule has 4 nitrogen and oxygen atoms in total. The Morgan fingerprint density at radius 2 is 1.94 bits per heavy atom. The Balaban J connectivity index is 3.16. The first-order valence-electron chi connectivity index (χ1n) is 6.63. The van der Waals surface area contributed by atoms with E-state index in [9.17, 15) is 4.79 Å². The van der Waals surface area contributed by atoms with Crippen LogP contribution in [0.1, 0.15) is 39.5 Å². The fraction of sp³-hybridized carbons (Fsp3) is 0.923. The number of ether oxygens (including phenoxy) is 1. The van der Waals surface area contributed by atoms with Crippen molar-refractivity contribution in [1.29, 1.82) is 0 Å². The monoisotopic (exact) mass is 244 g/mol. The lowest BCUT2D eigenvalue weighted by Gasteiger charge is -2.08. The predicted molar refractivity (Wildman–Crippen MR) is 71.1 cm³/mol. The van der Waals surface area contributed by atoms with Crippen LogP contribution in [0.15, 0.2) is 0 Å². The maximum absolute atomic E-state index is 11.4. The number of nitrogens with one attached hydrogen (secondary N) is 2. The van der Waals surface area contributed by atoms with Crippen molar-refractivity contribution in [2.24, 2.45) is 5.92 Å². The first kappa shape index (κ1) is 16.4. The second-order valence-electron chi connectivity index (χ2n) is 4.76. The zero-order valence-electron chi connectivity index (χ0n) is 11.6. The molecule has 0 aliphatic carbocycles. The van der Waals surface area contributed by atoms with E-state index in [1.165, 1.54) is 0 Å². The summed E-state index contributed by atoms with van der Waals surface area (Å²) < 4.78 is 4.97. The summed E-state index contributed by atoms with van der Waals surface area (Å²) in [5.41, 5.74) is 0. The molecule has 2 N–H and O–H groups in total. The Hall–Kier alpha value is -0.610. The Labute approximate surface area is 105 Å². The molecule has 0 aromatic carbocycles. The van der Waals surface area contributed by atoms with Gasteiger partial charge in [-0.05, 0) is 38.1 Å². The molecule has 1 amide bonds. The highest BCUT2D eigenvalue weighted by Gasteiger charge is 2.00. The van der Waals surface area contributed by atoms with Crippen molar-refractivity contribution in [2.45, 2.75) is 39.5 Å². The van der Waals surface area contributed by atoms with Gasteiger partial charge in [0.05, 0.1) is 6.54 Å². The molecule has 102 valence electrons. The molecular weight excluding hydrogens is 216 g/mol. The topological polar surface area (TPSA) is 50.4 Å². The average molecular weight is 244 g/mol. The molecule has 0 aliphatic rings. The molecule has 0 unspecified atom stereocenters. The van der Waals surface area contributed by atoms with Crippen LogP contribution in [0.5, 0.6) is 0 Å². The summed E-state index contributed by atoms with van der Waals surface area (Å²) >= 11 is 0. The largest absolute Gasteiger partial charge is 0.385 e. The summed E-state index contributed by atoms with van der Waals surface area (Å²) in [4.78, 5) is 11.4. The lowest BCUT2D eigenvalue weighted by molar-refractivity contribution is -0.120. The van der Waals surface area contributed by atoms with E-state index in [2.05, 4.69) is 24.5 Å². The predicted octanol–water partition coefficient (Wildman–Crippen LogP) is 1.55. The zero-order chi connectivity index (χ0) is 12.9. The van der Waals surface area contributed by atoms with E-state index in [0.29, 0.717) is 12.5 Å². The van der Waals surface area contributed by atoms with E-state index < -0.39 is 0 Å². The molecule has 0 aromatic heterocycles. The molecule has 0 radical (unpaired) electrons. The van der Waals surface area contributed by atoms with Gasteiger partial charge in [-0.25, -0.2) is 0 Å². The summed E-state index contributed by atoms with van der Waals surface area (Å²) in [5.74, 6) is 0.742. The van der Waals surface area contributed by atoms with Crippen molar-refractivity contribution < 1.29 is 9.53 Å². The van der Waals surface area contributed by atoms with Gasteiger partial charge in [-0.15, -0.1) is 0 Å². The zero-order valence-corrected chi connectivity index (χ0v) is 11.6. The smallest absolute Gasteiger partial charge is 0.233 e. The van der Waals surface area contributed by atoms with E-state index in [1.54, 1.807) is 7.11 Å². The van der Waals surface area contributed by atoms with E-state index in [-0.39, 0.29) is 5.91 Å². The van der Waals surface area contributed by atoms with E-state index in [4.69, 9.17) is 4.74 Å². The lowest BCUT2D eigenvalue weighted by atomic mass is 10.1. The molecule has 0 aliphatic heterocycles. The van der Waals surface area contributed by atoms with Gasteiger partial charge >= 0.3 is 0 Å². The van der Waals surface area contributed by atoms with Crippen molar-refractivity contribution in [3.8, 4) is 0 Å². The quantitative estimate of drug-likeness (QED) is 0.542. The molecule has 0 heterocycles. The summed E-state index contributed by atoms with van der Waals surface area (Å²) in [5, 5.41) is 6.05. The van der Waals surface area contributed by atoms with Crippen molar-refractivity contribution in [3.63, 3.8) is 0 Å². The van der Waals surface area contributed by atoms with Gasteiger partial charge in [0.15, 0.2) is 0 Å². The third-order valence-electron chi connectivity index (χ3n) is 2.53. The van der Waals surface area contributed by atoms with Gasteiger partial charge in [-0.3, -0.25) is 4.79 Å². The summed E-state index contributed by atoms with van der Waals surface area (Å²) in [6, 6.07) is 0. The highest BCUT2D eigenvalue weighted by Crippen LogP contribution is 1.96. The maximum Gasteiger partial charge on any atom is 0.233 e. The van der Waals surface area contributed by atoms with Gasteiger partial charge in [0.1, 0.15) is 0 Å². The fourth-order valence-corrected chi connectivity index (χ4v) is 1.44. The van der Waals surface area contributed by atoms with Crippen LogP contribution in [0.25, 0.3) is 0 Å². The van der Waals surface area contributed by atoms with Crippen LogP contribution in [0, 0.1) is 5.92 Å². The van der Waals surface area contributed by atoms with Crippen LogP contribution in [0.3, 0.4) is 0 Å². The number of carbonyl (C=O) groups is 1. The Bertz CT molecular complexity index is 184. The maximum atomic E-state index is 11.4. The summed E-state index contributed by atoms with van der Waals surface area (Å²) in [7, 11) is 1.72. The molecule has 0 saturated carbocycles. The SMILES string of the molecule is COCCCCCNCC(=O)NCCC(C)C. The van der Waals surface area contributed by atoms with Crippen LogP contribution in [0.4, 0.5) is 0 Å². The summed E-state index contributed by atoms with van der Waals surface area (Å²) in [6.45, 7) is 7.26. The van der Waals surface area contributed by atoms with Gasteiger partial charge in [-0.2, -0.15) is 0 Å². The third kappa shape index (κ3) is 13.3. The molecule has 0 spiro atoms. The minimum absolute atomic E-state index is 0.0996. The van der Waals surface area contributed by atoms with Gasteiger partial charge in [-0.1, -0.05) is 13.8 Å². The number of hydrogen-bond donors (Lipinski definition) is 2. The van der Waals surface area contributed by atoms with Crippen molar-refractivity contribution in [3.05, 3.63) is 0 Å². The van der Waals surface area contributed by atoms with Crippen molar-refractivity contribution in [1.82, 2.24) is 10.6 Å². The minimum atomic E-state index is 0.0996. The molecule has 17 heavy (non-hydrogen) atoms. The normalized spacial score (nSPS) is 10.8. The highest BCUT2D eigenvalue weighted by atomic mass is 16.5. The Morgan fingerprint density at radius 3 is 2.59 bits per heavy atom. The second kappa shape index (κ2) is 11.9. The van der Waals surface area contributed by atoms with Crippen LogP contribution in [-0.2, 0) is 9.53 Å². The lowest BCUT2D eigenvalue weighted by Crippen LogP contribution is -2.35.